The number of benzene rings is 1. The van der Waals surface area contributed by atoms with Crippen LogP contribution in [0.25, 0.3) is 0 Å². The lowest BCUT2D eigenvalue weighted by Crippen LogP contribution is -2.42. The number of phenols is 1. The van der Waals surface area contributed by atoms with E-state index in [0.717, 1.165) is 6.54 Å². The van der Waals surface area contributed by atoms with Crippen LogP contribution >= 0.6 is 0 Å². The molecule has 0 aliphatic heterocycles. The van der Waals surface area contributed by atoms with Crippen LogP contribution in [0.2, 0.25) is 0 Å². The minimum Gasteiger partial charge on any atom is -0.508 e. The van der Waals surface area contributed by atoms with E-state index in [1.165, 1.54) is 0 Å². The first-order valence-electron chi connectivity index (χ1n) is 7.21. The largest absolute Gasteiger partial charge is 0.508 e. The van der Waals surface area contributed by atoms with Crippen molar-refractivity contribution in [2.75, 3.05) is 13.1 Å². The predicted molar refractivity (Wildman–Crippen MR) is 81.8 cm³/mol. The Morgan fingerprint density at radius 3 is 2.35 bits per heavy atom. The molecule has 0 unspecified atom stereocenters. The molecule has 0 bridgehead atoms. The molecule has 0 atom stereocenters. The van der Waals surface area contributed by atoms with E-state index >= 15 is 0 Å². The van der Waals surface area contributed by atoms with Crippen molar-refractivity contribution in [3.05, 3.63) is 29.8 Å². The molecule has 0 heterocycles. The van der Waals surface area contributed by atoms with E-state index in [-0.39, 0.29) is 18.1 Å². The summed E-state index contributed by atoms with van der Waals surface area (Å²) in [7, 11) is 0. The summed E-state index contributed by atoms with van der Waals surface area (Å²) in [4.78, 5) is 14.2. The van der Waals surface area contributed by atoms with Gasteiger partial charge in [-0.15, -0.1) is 0 Å². The standard InChI is InChI=1S/C16H26N2O2/c1-12(2)18(13(3)4)10-9-17-16(20)11-14-7-5-6-8-15(14)19/h5-8,12-13,19H,9-11H2,1-4H3,(H,17,20). The van der Waals surface area contributed by atoms with Crippen LogP contribution in [0.1, 0.15) is 33.3 Å². The molecule has 2 N–H and O–H groups in total. The molecule has 1 aromatic carbocycles. The first kappa shape index (κ1) is 16.5. The number of para-hydroxylation sites is 1. The van der Waals surface area contributed by atoms with E-state index in [2.05, 4.69) is 37.9 Å². The second kappa shape index (κ2) is 7.90. The lowest BCUT2D eigenvalue weighted by molar-refractivity contribution is -0.120. The van der Waals surface area contributed by atoms with Crippen molar-refractivity contribution in [1.29, 1.82) is 0 Å². The molecular formula is C16H26N2O2. The quantitative estimate of drug-likeness (QED) is 0.803. The zero-order valence-corrected chi connectivity index (χ0v) is 12.9. The van der Waals surface area contributed by atoms with Crippen molar-refractivity contribution in [1.82, 2.24) is 10.2 Å². The Balaban J connectivity index is 2.39. The second-order valence-corrected chi connectivity index (χ2v) is 5.58. The van der Waals surface area contributed by atoms with Gasteiger partial charge in [-0.25, -0.2) is 0 Å². The van der Waals surface area contributed by atoms with Crippen LogP contribution in [0.15, 0.2) is 24.3 Å². The van der Waals surface area contributed by atoms with Gasteiger partial charge in [-0.3, -0.25) is 9.69 Å². The van der Waals surface area contributed by atoms with Crippen molar-refractivity contribution in [2.45, 2.75) is 46.2 Å². The Labute approximate surface area is 121 Å². The number of carbonyl (C=O) groups excluding carboxylic acids is 1. The number of carbonyl (C=O) groups is 1. The highest BCUT2D eigenvalue weighted by atomic mass is 16.3. The third-order valence-corrected chi connectivity index (χ3v) is 3.36. The van der Waals surface area contributed by atoms with E-state index in [1.54, 1.807) is 18.2 Å². The van der Waals surface area contributed by atoms with Crippen LogP contribution in [-0.4, -0.2) is 41.1 Å². The van der Waals surface area contributed by atoms with Gasteiger partial charge in [0.2, 0.25) is 5.91 Å². The summed E-state index contributed by atoms with van der Waals surface area (Å²) in [5.41, 5.74) is 0.662. The van der Waals surface area contributed by atoms with Crippen LogP contribution in [-0.2, 0) is 11.2 Å². The fourth-order valence-electron chi connectivity index (χ4n) is 2.33. The molecule has 1 amide bonds. The van der Waals surface area contributed by atoms with Crippen LogP contribution < -0.4 is 5.32 Å². The highest BCUT2D eigenvalue weighted by Gasteiger charge is 2.13. The molecule has 1 aromatic rings. The molecule has 4 heteroatoms. The van der Waals surface area contributed by atoms with E-state index < -0.39 is 0 Å². The number of hydrogen-bond donors (Lipinski definition) is 2. The highest BCUT2D eigenvalue weighted by Crippen LogP contribution is 2.15. The van der Waals surface area contributed by atoms with Gasteiger partial charge in [-0.2, -0.15) is 0 Å². The molecule has 0 spiro atoms. The van der Waals surface area contributed by atoms with Gasteiger partial charge in [0.25, 0.3) is 0 Å². The summed E-state index contributed by atoms with van der Waals surface area (Å²) in [5, 5.41) is 12.5. The summed E-state index contributed by atoms with van der Waals surface area (Å²) < 4.78 is 0. The zero-order chi connectivity index (χ0) is 15.1. The fourth-order valence-corrected chi connectivity index (χ4v) is 2.33. The zero-order valence-electron chi connectivity index (χ0n) is 12.9. The van der Waals surface area contributed by atoms with E-state index in [9.17, 15) is 9.90 Å². The summed E-state index contributed by atoms with van der Waals surface area (Å²) in [6, 6.07) is 7.86. The van der Waals surface area contributed by atoms with Crippen molar-refractivity contribution in [2.24, 2.45) is 0 Å². The normalized spacial score (nSPS) is 11.3. The minimum atomic E-state index is -0.0565. The second-order valence-electron chi connectivity index (χ2n) is 5.58. The maximum Gasteiger partial charge on any atom is 0.224 e. The maximum absolute atomic E-state index is 11.8. The van der Waals surface area contributed by atoms with Crippen molar-refractivity contribution < 1.29 is 9.90 Å². The topological polar surface area (TPSA) is 52.6 Å². The lowest BCUT2D eigenvalue weighted by Gasteiger charge is -2.30. The predicted octanol–water partition coefficient (Wildman–Crippen LogP) is 2.17. The van der Waals surface area contributed by atoms with Gasteiger partial charge in [0.05, 0.1) is 6.42 Å². The van der Waals surface area contributed by atoms with E-state index in [0.29, 0.717) is 24.2 Å². The van der Waals surface area contributed by atoms with Crippen molar-refractivity contribution in [3.8, 4) is 5.75 Å². The monoisotopic (exact) mass is 278 g/mol. The van der Waals surface area contributed by atoms with Gasteiger partial charge in [0.15, 0.2) is 0 Å². The number of phenolic OH excluding ortho intramolecular Hbond substituents is 1. The van der Waals surface area contributed by atoms with Gasteiger partial charge in [-0.05, 0) is 33.8 Å². The SMILES string of the molecule is CC(C)N(CCNC(=O)Cc1ccccc1O)C(C)C. The molecule has 20 heavy (non-hydrogen) atoms. The number of rotatable bonds is 7. The van der Waals surface area contributed by atoms with Gasteiger partial charge < -0.3 is 10.4 Å². The summed E-state index contributed by atoms with van der Waals surface area (Å²) in [6.45, 7) is 10.1. The van der Waals surface area contributed by atoms with Gasteiger partial charge in [0.1, 0.15) is 5.75 Å². The molecule has 0 saturated carbocycles. The Morgan fingerprint density at radius 1 is 1.20 bits per heavy atom. The number of amides is 1. The third kappa shape index (κ3) is 5.21. The number of aromatic hydroxyl groups is 1. The molecule has 112 valence electrons. The lowest BCUT2D eigenvalue weighted by atomic mass is 10.1. The summed E-state index contributed by atoms with van der Waals surface area (Å²) in [6.07, 6.45) is 0.218. The van der Waals surface area contributed by atoms with Crippen LogP contribution in [0.3, 0.4) is 0 Å². The van der Waals surface area contributed by atoms with Gasteiger partial charge in [0, 0.05) is 30.7 Å². The third-order valence-electron chi connectivity index (χ3n) is 3.36. The average Bonchev–Trinajstić information content (AvgIpc) is 2.36. The fraction of sp³-hybridized carbons (Fsp3) is 0.562. The van der Waals surface area contributed by atoms with Crippen molar-refractivity contribution >= 4 is 5.91 Å². The smallest absolute Gasteiger partial charge is 0.224 e. The molecular weight excluding hydrogens is 252 g/mol. The molecule has 0 saturated heterocycles. The highest BCUT2D eigenvalue weighted by molar-refractivity contribution is 5.79. The Hall–Kier alpha value is -1.55. The number of hydrogen-bond acceptors (Lipinski definition) is 3. The van der Waals surface area contributed by atoms with Crippen molar-refractivity contribution in [3.63, 3.8) is 0 Å². The van der Waals surface area contributed by atoms with Crippen LogP contribution in [0.4, 0.5) is 0 Å². The Bertz CT molecular complexity index is 422. The minimum absolute atomic E-state index is 0.0565. The number of nitrogens with zero attached hydrogens (tertiary/aromatic N) is 1. The molecule has 0 aliphatic carbocycles. The molecule has 0 aliphatic rings. The first-order valence-corrected chi connectivity index (χ1v) is 7.21. The number of nitrogens with one attached hydrogen (secondary N) is 1. The molecule has 1 rings (SSSR count). The van der Waals surface area contributed by atoms with E-state index in [1.807, 2.05) is 6.07 Å². The van der Waals surface area contributed by atoms with E-state index in [4.69, 9.17) is 0 Å². The average molecular weight is 278 g/mol. The van der Waals surface area contributed by atoms with Gasteiger partial charge >= 0.3 is 0 Å². The first-order chi connectivity index (χ1) is 9.41. The summed E-state index contributed by atoms with van der Waals surface area (Å²) >= 11 is 0. The van der Waals surface area contributed by atoms with Crippen LogP contribution in [0.5, 0.6) is 5.75 Å². The molecule has 4 nitrogen and oxygen atoms in total. The van der Waals surface area contributed by atoms with Gasteiger partial charge in [-0.1, -0.05) is 18.2 Å². The Kier molecular flexibility index (Phi) is 6.52. The van der Waals surface area contributed by atoms with Crippen LogP contribution in [0, 0.1) is 0 Å². The molecule has 0 aromatic heterocycles. The summed E-state index contributed by atoms with van der Waals surface area (Å²) in [5.74, 6) is 0.118. The maximum atomic E-state index is 11.8. The molecule has 0 fully saturated rings. The Morgan fingerprint density at radius 2 is 1.80 bits per heavy atom. The molecule has 0 radical (unpaired) electrons.